The Labute approximate surface area is 115 Å². The molecular weight excluding hydrogens is 234 g/mol. The molecule has 2 heteroatoms. The van der Waals surface area contributed by atoms with E-state index in [1.807, 2.05) is 6.07 Å². The van der Waals surface area contributed by atoms with Crippen LogP contribution < -0.4 is 4.90 Å². The molecule has 0 amide bonds. The molecule has 0 radical (unpaired) electrons. The number of hydrogen-bond acceptors (Lipinski definition) is 1. The molecule has 4 atom stereocenters. The third-order valence-corrected chi connectivity index (χ3v) is 6.25. The molecule has 1 aliphatic heterocycles. The maximum absolute atomic E-state index is 9.92. The Kier molecular flexibility index (Phi) is 2.47. The predicted octanol–water partition coefficient (Wildman–Crippen LogP) is 1.66. The van der Waals surface area contributed by atoms with Gasteiger partial charge in [0.15, 0.2) is 0 Å². The Morgan fingerprint density at radius 1 is 1.26 bits per heavy atom. The first kappa shape index (κ1) is 11.8. The Morgan fingerprint density at radius 2 is 2.16 bits per heavy atom. The van der Waals surface area contributed by atoms with Crippen molar-refractivity contribution in [3.63, 3.8) is 0 Å². The molecule has 2 N–H and O–H groups in total. The number of likely N-dealkylation sites (tertiary alicyclic amines) is 1. The third kappa shape index (κ3) is 1.53. The van der Waals surface area contributed by atoms with Gasteiger partial charge in [0, 0.05) is 24.2 Å². The Hall–Kier alpha value is -1.02. The molecule has 2 aliphatic carbocycles. The summed E-state index contributed by atoms with van der Waals surface area (Å²) in [5, 5.41) is 9.92. The molecule has 2 nitrogen and oxygen atoms in total. The minimum absolute atomic E-state index is 0.398. The van der Waals surface area contributed by atoms with E-state index in [4.69, 9.17) is 0 Å². The second kappa shape index (κ2) is 3.99. The standard InChI is InChI=1S/C17H23NO/c1-18-9-8-17-7-3-2-4-14(17)16(18)10-12-5-6-13(19)11-15(12)17/h5-6,11,14,16,19H,2-4,7-10H2,1H3/p+1/t14-,16+,17+/m1/s1. The maximum atomic E-state index is 9.92. The number of likely N-dealkylation sites (N-methyl/N-ethyl adjacent to an activating group) is 1. The summed E-state index contributed by atoms with van der Waals surface area (Å²) < 4.78 is 0. The van der Waals surface area contributed by atoms with Crippen LogP contribution in [0.25, 0.3) is 0 Å². The van der Waals surface area contributed by atoms with Crippen molar-refractivity contribution in [1.82, 2.24) is 0 Å². The number of benzene rings is 1. The highest BCUT2D eigenvalue weighted by Crippen LogP contribution is 2.53. The van der Waals surface area contributed by atoms with Gasteiger partial charge >= 0.3 is 0 Å². The zero-order chi connectivity index (χ0) is 13.0. The number of phenols is 1. The number of phenolic OH excluding ortho intramolecular Hbond substituents is 1. The van der Waals surface area contributed by atoms with Crippen molar-refractivity contribution in [2.24, 2.45) is 5.92 Å². The fourth-order valence-corrected chi connectivity index (χ4v) is 5.34. The first-order chi connectivity index (χ1) is 9.21. The highest BCUT2D eigenvalue weighted by Gasteiger charge is 2.55. The first-order valence-corrected chi connectivity index (χ1v) is 7.85. The maximum Gasteiger partial charge on any atom is 0.115 e. The van der Waals surface area contributed by atoms with Crippen LogP contribution in [0.3, 0.4) is 0 Å². The molecule has 19 heavy (non-hydrogen) atoms. The van der Waals surface area contributed by atoms with E-state index in [0.29, 0.717) is 11.2 Å². The van der Waals surface area contributed by atoms with Crippen LogP contribution in [-0.4, -0.2) is 24.7 Å². The van der Waals surface area contributed by atoms with Crippen LogP contribution in [0.5, 0.6) is 5.75 Å². The third-order valence-electron chi connectivity index (χ3n) is 6.25. The van der Waals surface area contributed by atoms with Crippen molar-refractivity contribution >= 4 is 0 Å². The SMILES string of the molecule is C[NH+]1CC[C@@]23CCCC[C@@H]2[C@@H]1Cc1ccc(O)cc13. The molecule has 1 aromatic carbocycles. The lowest BCUT2D eigenvalue weighted by molar-refractivity contribution is -0.919. The first-order valence-electron chi connectivity index (χ1n) is 7.85. The summed E-state index contributed by atoms with van der Waals surface area (Å²) >= 11 is 0. The summed E-state index contributed by atoms with van der Waals surface area (Å²) in [6, 6.07) is 6.96. The second-order valence-corrected chi connectivity index (χ2v) is 7.01. The van der Waals surface area contributed by atoms with Gasteiger partial charge in [0.05, 0.1) is 19.6 Å². The molecule has 1 heterocycles. The average molecular weight is 258 g/mol. The number of fused-ring (bicyclic) bond motifs is 1. The summed E-state index contributed by atoms with van der Waals surface area (Å²) in [6.45, 7) is 1.30. The van der Waals surface area contributed by atoms with Gasteiger partial charge in [-0.05, 0) is 36.1 Å². The minimum Gasteiger partial charge on any atom is -0.508 e. The van der Waals surface area contributed by atoms with E-state index in [0.717, 1.165) is 12.0 Å². The summed E-state index contributed by atoms with van der Waals surface area (Å²) in [6.07, 6.45) is 8.06. The van der Waals surface area contributed by atoms with Crippen LogP contribution in [0.15, 0.2) is 18.2 Å². The average Bonchev–Trinajstić information content (AvgIpc) is 2.43. The number of nitrogens with one attached hydrogen (secondary N) is 1. The van der Waals surface area contributed by atoms with Crippen LogP contribution in [0.2, 0.25) is 0 Å². The van der Waals surface area contributed by atoms with Crippen LogP contribution in [0.4, 0.5) is 0 Å². The van der Waals surface area contributed by atoms with Gasteiger partial charge in [-0.2, -0.15) is 0 Å². The molecular formula is C17H24NO+. The molecule has 0 spiro atoms. The lowest BCUT2D eigenvalue weighted by Gasteiger charge is -2.56. The van der Waals surface area contributed by atoms with Gasteiger partial charge in [-0.1, -0.05) is 18.9 Å². The molecule has 2 fully saturated rings. The number of quaternary nitrogens is 1. The zero-order valence-corrected chi connectivity index (χ0v) is 11.8. The van der Waals surface area contributed by atoms with Gasteiger partial charge in [0.1, 0.15) is 5.75 Å². The fraction of sp³-hybridized carbons (Fsp3) is 0.647. The molecule has 1 aromatic rings. The quantitative estimate of drug-likeness (QED) is 0.727. The number of rotatable bonds is 0. The van der Waals surface area contributed by atoms with Crippen molar-refractivity contribution in [3.05, 3.63) is 29.3 Å². The second-order valence-electron chi connectivity index (χ2n) is 7.01. The van der Waals surface area contributed by atoms with Crippen LogP contribution in [0.1, 0.15) is 43.2 Å². The molecule has 2 bridgehead atoms. The molecule has 1 unspecified atom stereocenters. The van der Waals surface area contributed by atoms with E-state index in [9.17, 15) is 5.11 Å². The molecule has 4 rings (SSSR count). The zero-order valence-electron chi connectivity index (χ0n) is 11.8. The van der Waals surface area contributed by atoms with Crippen molar-refractivity contribution < 1.29 is 10.0 Å². The number of hydrogen-bond donors (Lipinski definition) is 2. The van der Waals surface area contributed by atoms with E-state index in [-0.39, 0.29) is 0 Å². The number of piperidine rings is 1. The van der Waals surface area contributed by atoms with Crippen molar-refractivity contribution in [2.75, 3.05) is 13.6 Å². The van der Waals surface area contributed by atoms with Gasteiger partial charge in [-0.25, -0.2) is 0 Å². The minimum atomic E-state index is 0.398. The molecule has 102 valence electrons. The van der Waals surface area contributed by atoms with Gasteiger partial charge in [0.2, 0.25) is 0 Å². The normalized spacial score (nSPS) is 40.4. The number of aromatic hydroxyl groups is 1. The van der Waals surface area contributed by atoms with E-state index in [1.54, 1.807) is 4.90 Å². The van der Waals surface area contributed by atoms with Crippen LogP contribution >= 0.6 is 0 Å². The summed E-state index contributed by atoms with van der Waals surface area (Å²) in [5.74, 6) is 1.31. The highest BCUT2D eigenvalue weighted by atomic mass is 16.3. The Balaban J connectivity index is 1.90. The van der Waals surface area contributed by atoms with Gasteiger partial charge in [-0.3, -0.25) is 0 Å². The van der Waals surface area contributed by atoms with E-state index < -0.39 is 0 Å². The molecule has 1 saturated heterocycles. The molecule has 0 aromatic heterocycles. The summed E-state index contributed by atoms with van der Waals surface area (Å²) in [4.78, 5) is 1.74. The van der Waals surface area contributed by atoms with Crippen molar-refractivity contribution in [3.8, 4) is 5.75 Å². The van der Waals surface area contributed by atoms with Crippen LogP contribution in [-0.2, 0) is 11.8 Å². The Bertz CT molecular complexity index is 512. The topological polar surface area (TPSA) is 24.7 Å². The van der Waals surface area contributed by atoms with Gasteiger partial charge in [-0.15, -0.1) is 0 Å². The largest absolute Gasteiger partial charge is 0.508 e. The van der Waals surface area contributed by atoms with Gasteiger partial charge < -0.3 is 10.0 Å². The van der Waals surface area contributed by atoms with Crippen LogP contribution in [0, 0.1) is 5.92 Å². The smallest absolute Gasteiger partial charge is 0.115 e. The van der Waals surface area contributed by atoms with E-state index in [1.165, 1.54) is 56.2 Å². The molecule has 1 saturated carbocycles. The van der Waals surface area contributed by atoms with Crippen molar-refractivity contribution in [2.45, 2.75) is 50.0 Å². The summed E-state index contributed by atoms with van der Waals surface area (Å²) in [7, 11) is 2.38. The van der Waals surface area contributed by atoms with Crippen molar-refractivity contribution in [1.29, 1.82) is 0 Å². The molecule has 3 aliphatic rings. The summed E-state index contributed by atoms with van der Waals surface area (Å²) in [5.41, 5.74) is 3.41. The fourth-order valence-electron chi connectivity index (χ4n) is 5.34. The van der Waals surface area contributed by atoms with E-state index >= 15 is 0 Å². The lowest BCUT2D eigenvalue weighted by Crippen LogP contribution is -3.16. The monoisotopic (exact) mass is 258 g/mol. The van der Waals surface area contributed by atoms with Gasteiger partial charge in [0.25, 0.3) is 0 Å². The Morgan fingerprint density at radius 3 is 3.05 bits per heavy atom. The highest BCUT2D eigenvalue weighted by molar-refractivity contribution is 5.44. The van der Waals surface area contributed by atoms with E-state index in [2.05, 4.69) is 19.2 Å². The predicted molar refractivity (Wildman–Crippen MR) is 75.6 cm³/mol. The lowest BCUT2D eigenvalue weighted by atomic mass is 9.52.